The van der Waals surface area contributed by atoms with E-state index in [4.69, 9.17) is 4.74 Å². The van der Waals surface area contributed by atoms with E-state index in [1.54, 1.807) is 24.3 Å². The molecule has 0 spiro atoms. The summed E-state index contributed by atoms with van der Waals surface area (Å²) in [6.07, 6.45) is -4.44. The van der Waals surface area contributed by atoms with Gasteiger partial charge in [0.2, 0.25) is 0 Å². The molecule has 0 bridgehead atoms. The van der Waals surface area contributed by atoms with Crippen molar-refractivity contribution in [2.24, 2.45) is 0 Å². The zero-order valence-corrected chi connectivity index (χ0v) is 9.79. The Labute approximate surface area is 103 Å². The van der Waals surface area contributed by atoms with Crippen LogP contribution in [0, 0.1) is 0 Å². The normalized spacial score (nSPS) is 11.3. The maximum Gasteiger partial charge on any atom is 0.411 e. The molecule has 3 nitrogen and oxygen atoms in total. The summed E-state index contributed by atoms with van der Waals surface area (Å²) in [6.45, 7) is -1.58. The van der Waals surface area contributed by atoms with Crippen LogP contribution < -0.4 is 4.74 Å². The van der Waals surface area contributed by atoms with Gasteiger partial charge in [-0.05, 0) is 24.3 Å². The van der Waals surface area contributed by atoms with Gasteiger partial charge < -0.3 is 9.47 Å². The molecule has 0 unspecified atom stereocenters. The highest BCUT2D eigenvalue weighted by Gasteiger charge is 2.27. The average molecular weight is 262 g/mol. The molecule has 0 heterocycles. The number of methoxy groups -OCH3 is 1. The largest absolute Gasteiger partial charge is 0.497 e. The molecule has 0 saturated heterocycles. The second-order valence-corrected chi connectivity index (χ2v) is 3.57. The van der Waals surface area contributed by atoms with Crippen molar-refractivity contribution in [3.8, 4) is 5.75 Å². The van der Waals surface area contributed by atoms with Crippen LogP contribution in [0.2, 0.25) is 0 Å². The Morgan fingerprint density at radius 3 is 2.33 bits per heavy atom. The van der Waals surface area contributed by atoms with Gasteiger partial charge in [0.05, 0.1) is 13.7 Å². The monoisotopic (exact) mass is 262 g/mol. The number of Topliss-reactive ketones (excluding diaryl/α,β-unsaturated/α-hetero) is 1. The Balaban J connectivity index is 2.36. The van der Waals surface area contributed by atoms with Gasteiger partial charge >= 0.3 is 6.18 Å². The smallest absolute Gasteiger partial charge is 0.411 e. The lowest BCUT2D eigenvalue weighted by atomic mass is 10.1. The maximum atomic E-state index is 11.8. The van der Waals surface area contributed by atoms with E-state index in [9.17, 15) is 18.0 Å². The Bertz CT molecular complexity index is 385. The van der Waals surface area contributed by atoms with E-state index in [1.807, 2.05) is 0 Å². The van der Waals surface area contributed by atoms with Crippen LogP contribution in [-0.4, -0.2) is 32.3 Å². The molecule has 0 amide bonds. The van der Waals surface area contributed by atoms with Crippen molar-refractivity contribution in [1.29, 1.82) is 0 Å². The number of alkyl halides is 3. The Morgan fingerprint density at radius 2 is 1.83 bits per heavy atom. The number of halogens is 3. The van der Waals surface area contributed by atoms with E-state index < -0.39 is 12.8 Å². The van der Waals surface area contributed by atoms with Crippen LogP contribution in [0.5, 0.6) is 5.75 Å². The second-order valence-electron chi connectivity index (χ2n) is 3.57. The van der Waals surface area contributed by atoms with Gasteiger partial charge in [0.15, 0.2) is 5.78 Å². The Kier molecular flexibility index (Phi) is 5.15. The fourth-order valence-electron chi connectivity index (χ4n) is 1.27. The van der Waals surface area contributed by atoms with Gasteiger partial charge in [0.1, 0.15) is 12.4 Å². The third-order valence-corrected chi connectivity index (χ3v) is 2.15. The van der Waals surface area contributed by atoms with Gasteiger partial charge in [0, 0.05) is 12.0 Å². The highest BCUT2D eigenvalue weighted by atomic mass is 19.4. The van der Waals surface area contributed by atoms with Gasteiger partial charge in [-0.2, -0.15) is 13.2 Å². The number of ether oxygens (including phenoxy) is 2. The van der Waals surface area contributed by atoms with E-state index in [-0.39, 0.29) is 18.8 Å². The summed E-state index contributed by atoms with van der Waals surface area (Å²) in [7, 11) is 1.50. The zero-order chi connectivity index (χ0) is 13.6. The van der Waals surface area contributed by atoms with Crippen molar-refractivity contribution in [3.05, 3.63) is 29.8 Å². The predicted molar refractivity (Wildman–Crippen MR) is 58.8 cm³/mol. The molecule has 0 N–H and O–H groups in total. The van der Waals surface area contributed by atoms with E-state index in [0.29, 0.717) is 11.3 Å². The number of hydrogen-bond donors (Lipinski definition) is 0. The Morgan fingerprint density at radius 1 is 1.22 bits per heavy atom. The molecule has 0 saturated carbocycles. The minimum absolute atomic E-state index is 0.0809. The summed E-state index contributed by atoms with van der Waals surface area (Å²) in [5.41, 5.74) is 0.423. The molecule has 1 aromatic rings. The van der Waals surface area contributed by atoms with E-state index in [2.05, 4.69) is 4.74 Å². The number of hydrogen-bond acceptors (Lipinski definition) is 3. The molecule has 1 aromatic carbocycles. The van der Waals surface area contributed by atoms with Crippen LogP contribution in [0.15, 0.2) is 24.3 Å². The molecule has 0 radical (unpaired) electrons. The first-order valence-electron chi connectivity index (χ1n) is 5.24. The highest BCUT2D eigenvalue weighted by molar-refractivity contribution is 5.96. The van der Waals surface area contributed by atoms with Crippen molar-refractivity contribution >= 4 is 5.78 Å². The van der Waals surface area contributed by atoms with Crippen molar-refractivity contribution in [3.63, 3.8) is 0 Å². The van der Waals surface area contributed by atoms with Crippen molar-refractivity contribution < 1.29 is 27.4 Å². The molecular weight excluding hydrogens is 249 g/mol. The summed E-state index contributed by atoms with van der Waals surface area (Å²) in [6, 6.07) is 6.35. The van der Waals surface area contributed by atoms with Crippen LogP contribution in [-0.2, 0) is 4.74 Å². The summed E-state index contributed by atoms with van der Waals surface area (Å²) < 4.78 is 44.6. The predicted octanol–water partition coefficient (Wildman–Crippen LogP) is 2.85. The molecule has 1 rings (SSSR count). The van der Waals surface area contributed by atoms with E-state index in [0.717, 1.165) is 0 Å². The number of carbonyl (C=O) groups excluding carboxylic acids is 1. The van der Waals surface area contributed by atoms with Gasteiger partial charge in [-0.3, -0.25) is 4.79 Å². The first-order valence-corrected chi connectivity index (χ1v) is 5.24. The molecule has 18 heavy (non-hydrogen) atoms. The van der Waals surface area contributed by atoms with Gasteiger partial charge in [-0.1, -0.05) is 0 Å². The van der Waals surface area contributed by atoms with Gasteiger partial charge in [-0.25, -0.2) is 0 Å². The molecule has 0 atom stereocenters. The number of ketones is 1. The molecule has 6 heteroatoms. The summed E-state index contributed by atoms with van der Waals surface area (Å²) in [5.74, 6) is 0.347. The summed E-state index contributed by atoms with van der Waals surface area (Å²) >= 11 is 0. The quantitative estimate of drug-likeness (QED) is 0.584. The van der Waals surface area contributed by atoms with Crippen LogP contribution in [0.25, 0.3) is 0 Å². The van der Waals surface area contributed by atoms with Crippen LogP contribution in [0.3, 0.4) is 0 Å². The van der Waals surface area contributed by atoms with E-state index >= 15 is 0 Å². The lowest BCUT2D eigenvalue weighted by molar-refractivity contribution is -0.173. The fourth-order valence-corrected chi connectivity index (χ4v) is 1.27. The van der Waals surface area contributed by atoms with Crippen molar-refractivity contribution in [2.45, 2.75) is 12.6 Å². The minimum atomic E-state index is -4.36. The zero-order valence-electron chi connectivity index (χ0n) is 9.79. The van der Waals surface area contributed by atoms with Gasteiger partial charge in [-0.15, -0.1) is 0 Å². The summed E-state index contributed by atoms with van der Waals surface area (Å²) in [4.78, 5) is 11.6. The lowest BCUT2D eigenvalue weighted by Gasteiger charge is -2.07. The lowest BCUT2D eigenvalue weighted by Crippen LogP contribution is -2.18. The van der Waals surface area contributed by atoms with Crippen LogP contribution in [0.4, 0.5) is 13.2 Å². The third-order valence-electron chi connectivity index (χ3n) is 2.15. The fraction of sp³-hybridized carbons (Fsp3) is 0.417. The molecule has 100 valence electrons. The van der Waals surface area contributed by atoms with E-state index in [1.165, 1.54) is 7.11 Å². The van der Waals surface area contributed by atoms with Crippen LogP contribution >= 0.6 is 0 Å². The first kappa shape index (κ1) is 14.5. The third kappa shape index (κ3) is 5.18. The second kappa shape index (κ2) is 6.39. The highest BCUT2D eigenvalue weighted by Crippen LogP contribution is 2.15. The molecule has 0 fully saturated rings. The average Bonchev–Trinajstić information content (AvgIpc) is 2.33. The topological polar surface area (TPSA) is 35.5 Å². The maximum absolute atomic E-state index is 11.8. The summed E-state index contributed by atoms with van der Waals surface area (Å²) in [5, 5.41) is 0. The molecule has 0 aliphatic rings. The van der Waals surface area contributed by atoms with Gasteiger partial charge in [0.25, 0.3) is 0 Å². The molecule has 0 aliphatic heterocycles. The first-order chi connectivity index (χ1) is 8.42. The molecular formula is C12H13F3O3. The minimum Gasteiger partial charge on any atom is -0.497 e. The SMILES string of the molecule is COc1ccc(C(=O)CCOCC(F)(F)F)cc1. The van der Waals surface area contributed by atoms with Crippen molar-refractivity contribution in [2.75, 3.05) is 20.3 Å². The molecule has 0 aromatic heterocycles. The number of benzene rings is 1. The molecule has 0 aliphatic carbocycles. The van der Waals surface area contributed by atoms with Crippen LogP contribution in [0.1, 0.15) is 16.8 Å². The van der Waals surface area contributed by atoms with Crippen molar-refractivity contribution in [1.82, 2.24) is 0 Å². The number of rotatable bonds is 6. The Hall–Kier alpha value is -1.56. The number of carbonyl (C=O) groups is 1. The standard InChI is InChI=1S/C12H13F3O3/c1-17-10-4-2-9(3-5-10)11(16)6-7-18-8-12(13,14)15/h2-5H,6-8H2,1H3.